The Labute approximate surface area is 186 Å². The predicted molar refractivity (Wildman–Crippen MR) is 120 cm³/mol. The number of nitrogens with zero attached hydrogens (tertiary/aromatic N) is 1. The van der Waals surface area contributed by atoms with Gasteiger partial charge in [0.2, 0.25) is 11.8 Å². The molecule has 31 heavy (non-hydrogen) atoms. The molecule has 4 aliphatic rings. The molecular formula is C25H39N3O3. The maximum Gasteiger partial charge on any atom is 0.224 e. The summed E-state index contributed by atoms with van der Waals surface area (Å²) in [6, 6.07) is 0. The molecule has 2 N–H and O–H groups in total. The first-order chi connectivity index (χ1) is 15.0. The Morgan fingerprint density at radius 3 is 1.94 bits per heavy atom. The first-order valence-corrected chi connectivity index (χ1v) is 12.5. The molecule has 3 aliphatic carbocycles. The monoisotopic (exact) mass is 429 g/mol. The minimum absolute atomic E-state index is 0.0279. The third-order valence-electron chi connectivity index (χ3n) is 8.10. The maximum atomic E-state index is 13.2. The number of amides is 2. The molecule has 172 valence electrons. The summed E-state index contributed by atoms with van der Waals surface area (Å²) < 4.78 is 0. The Hall–Kier alpha value is -1.69. The van der Waals surface area contributed by atoms with E-state index < -0.39 is 0 Å². The molecular weight excluding hydrogens is 390 g/mol. The lowest BCUT2D eigenvalue weighted by molar-refractivity contribution is -0.135. The molecule has 3 fully saturated rings. The molecule has 6 heteroatoms. The van der Waals surface area contributed by atoms with Crippen LogP contribution < -0.4 is 10.6 Å². The zero-order chi connectivity index (χ0) is 21.8. The van der Waals surface area contributed by atoms with Gasteiger partial charge < -0.3 is 20.3 Å². The van der Waals surface area contributed by atoms with E-state index >= 15 is 0 Å². The maximum absolute atomic E-state index is 13.2. The van der Waals surface area contributed by atoms with Crippen LogP contribution in [-0.4, -0.2) is 55.2 Å². The van der Waals surface area contributed by atoms with Crippen LogP contribution in [0.5, 0.6) is 0 Å². The van der Waals surface area contributed by atoms with Gasteiger partial charge in [-0.1, -0.05) is 12.2 Å². The fourth-order valence-corrected chi connectivity index (χ4v) is 6.33. The van der Waals surface area contributed by atoms with Crippen molar-refractivity contribution in [1.82, 2.24) is 15.5 Å². The van der Waals surface area contributed by atoms with Gasteiger partial charge in [0, 0.05) is 19.5 Å². The molecule has 4 rings (SSSR count). The summed E-state index contributed by atoms with van der Waals surface area (Å²) in [7, 11) is 0. The van der Waals surface area contributed by atoms with E-state index in [9.17, 15) is 14.4 Å². The highest BCUT2D eigenvalue weighted by Crippen LogP contribution is 2.72. The molecule has 1 aliphatic heterocycles. The van der Waals surface area contributed by atoms with Crippen molar-refractivity contribution in [3.63, 3.8) is 0 Å². The van der Waals surface area contributed by atoms with Gasteiger partial charge in [-0.05, 0) is 95.2 Å². The lowest BCUT2D eigenvalue weighted by Gasteiger charge is -2.26. The van der Waals surface area contributed by atoms with Crippen LogP contribution >= 0.6 is 0 Å². The Morgan fingerprint density at radius 1 is 0.871 bits per heavy atom. The Bertz CT molecular complexity index is 709. The van der Waals surface area contributed by atoms with Crippen LogP contribution in [0.3, 0.4) is 0 Å². The van der Waals surface area contributed by atoms with Gasteiger partial charge in [0.05, 0.1) is 11.8 Å². The zero-order valence-corrected chi connectivity index (χ0v) is 19.0. The van der Waals surface area contributed by atoms with Crippen molar-refractivity contribution >= 4 is 17.6 Å². The number of allylic oxidation sites excluding steroid dienone is 2. The summed E-state index contributed by atoms with van der Waals surface area (Å²) in [5.74, 6) is 0.248. The van der Waals surface area contributed by atoms with Crippen molar-refractivity contribution in [2.75, 3.05) is 32.7 Å². The summed E-state index contributed by atoms with van der Waals surface area (Å²) in [4.78, 5) is 39.8. The van der Waals surface area contributed by atoms with Gasteiger partial charge in [0.1, 0.15) is 5.78 Å². The van der Waals surface area contributed by atoms with Gasteiger partial charge in [-0.2, -0.15) is 0 Å². The standard InChI is InChI=1S/C25H39N3O3/c1-18(29)8-2-3-13-26-23(30)21-19-9-10-20(25(19)11-12-25)22(21)24(31)27-14-4-5-15-28-16-6-7-17-28/h9-10,19-22H,2-8,11-17H2,1H3,(H,26,30)(H,27,31)/t19-,20-,21-,22-/m1/s1. The van der Waals surface area contributed by atoms with Crippen molar-refractivity contribution in [2.24, 2.45) is 29.1 Å². The van der Waals surface area contributed by atoms with Crippen molar-refractivity contribution in [2.45, 2.75) is 64.7 Å². The third kappa shape index (κ3) is 4.89. The second-order valence-corrected chi connectivity index (χ2v) is 10.2. The highest BCUT2D eigenvalue weighted by molar-refractivity contribution is 5.90. The number of hydrogen-bond acceptors (Lipinski definition) is 4. The van der Waals surface area contributed by atoms with Crippen LogP contribution in [0.2, 0.25) is 0 Å². The second-order valence-electron chi connectivity index (χ2n) is 10.2. The molecule has 0 aromatic rings. The molecule has 1 spiro atoms. The molecule has 2 saturated carbocycles. The summed E-state index contributed by atoms with van der Waals surface area (Å²) in [5, 5.41) is 6.24. The zero-order valence-electron chi connectivity index (χ0n) is 19.0. The minimum atomic E-state index is -0.241. The van der Waals surface area contributed by atoms with Crippen molar-refractivity contribution < 1.29 is 14.4 Å². The van der Waals surface area contributed by atoms with E-state index in [0.29, 0.717) is 19.5 Å². The average Bonchev–Trinajstić information content (AvgIpc) is 3.10. The summed E-state index contributed by atoms with van der Waals surface area (Å²) >= 11 is 0. The number of likely N-dealkylation sites (tertiary alicyclic amines) is 1. The van der Waals surface area contributed by atoms with Crippen LogP contribution in [0.15, 0.2) is 12.2 Å². The lowest BCUT2D eigenvalue weighted by Crippen LogP contribution is -2.44. The quantitative estimate of drug-likeness (QED) is 0.369. The van der Waals surface area contributed by atoms with E-state index in [1.54, 1.807) is 6.92 Å². The molecule has 0 unspecified atom stereocenters. The number of Topliss-reactive ketones (excluding diaryl/α,β-unsaturated/α-hetero) is 1. The van der Waals surface area contributed by atoms with Crippen LogP contribution in [0, 0.1) is 29.1 Å². The molecule has 0 aromatic carbocycles. The van der Waals surface area contributed by atoms with E-state index in [1.807, 2.05) is 0 Å². The topological polar surface area (TPSA) is 78.5 Å². The van der Waals surface area contributed by atoms with Crippen LogP contribution in [0.4, 0.5) is 0 Å². The van der Waals surface area contributed by atoms with Gasteiger partial charge >= 0.3 is 0 Å². The van der Waals surface area contributed by atoms with E-state index in [1.165, 1.54) is 25.9 Å². The molecule has 1 heterocycles. The number of unbranched alkanes of at least 4 members (excludes halogenated alkanes) is 2. The molecule has 2 amide bonds. The molecule has 0 aromatic heterocycles. The Balaban J connectivity index is 1.26. The van der Waals surface area contributed by atoms with Crippen molar-refractivity contribution in [3.05, 3.63) is 12.2 Å². The number of hydrogen-bond donors (Lipinski definition) is 2. The van der Waals surface area contributed by atoms with E-state index in [-0.39, 0.29) is 46.7 Å². The first-order valence-electron chi connectivity index (χ1n) is 12.5. The van der Waals surface area contributed by atoms with Gasteiger partial charge in [-0.15, -0.1) is 0 Å². The molecule has 4 atom stereocenters. The minimum Gasteiger partial charge on any atom is -0.356 e. The van der Waals surface area contributed by atoms with Gasteiger partial charge in [0.15, 0.2) is 0 Å². The normalized spacial score (nSPS) is 30.1. The third-order valence-corrected chi connectivity index (χ3v) is 8.10. The number of rotatable bonds is 12. The molecule has 6 nitrogen and oxygen atoms in total. The molecule has 0 radical (unpaired) electrons. The van der Waals surface area contributed by atoms with Crippen LogP contribution in [0.25, 0.3) is 0 Å². The smallest absolute Gasteiger partial charge is 0.224 e. The van der Waals surface area contributed by atoms with E-state index in [4.69, 9.17) is 0 Å². The van der Waals surface area contributed by atoms with E-state index in [2.05, 4.69) is 27.7 Å². The Kier molecular flexibility index (Phi) is 7.15. The Morgan fingerprint density at radius 2 is 1.42 bits per heavy atom. The highest BCUT2D eigenvalue weighted by Gasteiger charge is 2.69. The fourth-order valence-electron chi connectivity index (χ4n) is 6.33. The SMILES string of the molecule is CC(=O)CCCCNC(=O)[C@H]1[C@H](C(=O)NCCCCN2CCCC2)[C@H]2C=C[C@H]1C21CC1. The van der Waals surface area contributed by atoms with Crippen LogP contribution in [-0.2, 0) is 14.4 Å². The fraction of sp³-hybridized carbons (Fsp3) is 0.800. The largest absolute Gasteiger partial charge is 0.356 e. The second kappa shape index (κ2) is 9.85. The van der Waals surface area contributed by atoms with Gasteiger partial charge in [-0.25, -0.2) is 0 Å². The number of nitrogens with one attached hydrogen (secondary N) is 2. The number of ketones is 1. The van der Waals surface area contributed by atoms with Gasteiger partial charge in [-0.3, -0.25) is 9.59 Å². The number of carbonyl (C=O) groups is 3. The summed E-state index contributed by atoms with van der Waals surface area (Å²) in [6.45, 7) is 6.46. The molecule has 1 saturated heterocycles. The van der Waals surface area contributed by atoms with E-state index in [0.717, 1.165) is 45.1 Å². The van der Waals surface area contributed by atoms with Crippen LogP contribution in [0.1, 0.15) is 64.7 Å². The van der Waals surface area contributed by atoms with Gasteiger partial charge in [0.25, 0.3) is 0 Å². The predicted octanol–water partition coefficient (Wildman–Crippen LogP) is 2.68. The average molecular weight is 430 g/mol. The molecule has 2 bridgehead atoms. The van der Waals surface area contributed by atoms with Crippen molar-refractivity contribution in [1.29, 1.82) is 0 Å². The summed E-state index contributed by atoms with van der Waals surface area (Å²) in [5.41, 5.74) is 0.175. The highest BCUT2D eigenvalue weighted by atomic mass is 16.2. The van der Waals surface area contributed by atoms with Crippen molar-refractivity contribution in [3.8, 4) is 0 Å². The number of carbonyl (C=O) groups excluding carboxylic acids is 3. The first kappa shape index (κ1) is 22.5. The lowest BCUT2D eigenvalue weighted by atomic mass is 9.81. The summed E-state index contributed by atoms with van der Waals surface area (Å²) in [6.07, 6.45) is 13.6.